The van der Waals surface area contributed by atoms with Crippen molar-refractivity contribution in [2.24, 2.45) is 0 Å². The number of hydrogen-bond donors (Lipinski definition) is 1. The van der Waals surface area contributed by atoms with Gasteiger partial charge in [-0.1, -0.05) is 35.9 Å². The molecule has 0 aromatic heterocycles. The average Bonchev–Trinajstić information content (AvgIpc) is 2.45. The highest BCUT2D eigenvalue weighted by Gasteiger charge is 2.06. The van der Waals surface area contributed by atoms with Crippen LogP contribution in [0.1, 0.15) is 16.7 Å². The van der Waals surface area contributed by atoms with Crippen molar-refractivity contribution in [3.8, 4) is 5.75 Å². The Bertz CT molecular complexity index is 640. The fourth-order valence-electron chi connectivity index (χ4n) is 2.09. The minimum Gasteiger partial charge on any atom is -0.494 e. The van der Waals surface area contributed by atoms with Crippen molar-refractivity contribution in [2.75, 3.05) is 7.11 Å². The third kappa shape index (κ3) is 4.31. The normalized spacial score (nSPS) is 10.2. The van der Waals surface area contributed by atoms with Crippen LogP contribution in [-0.2, 0) is 17.8 Å². The molecule has 0 aliphatic rings. The summed E-state index contributed by atoms with van der Waals surface area (Å²) in [5, 5.41) is 2.79. The molecule has 0 aliphatic carbocycles. The van der Waals surface area contributed by atoms with Crippen molar-refractivity contribution in [3.63, 3.8) is 0 Å². The molecule has 0 radical (unpaired) electrons. The number of carbonyl (C=O) groups is 1. The van der Waals surface area contributed by atoms with Gasteiger partial charge in [-0.25, -0.2) is 4.39 Å². The molecule has 0 saturated heterocycles. The number of rotatable bonds is 5. The standard InChI is InChI=1S/C17H18FNO2/c1-12-4-3-5-13(8-12)10-17(20)19-11-14-6-7-16(21-2)15(18)9-14/h3-9H,10-11H2,1-2H3,(H,19,20). The van der Waals surface area contributed by atoms with E-state index in [2.05, 4.69) is 5.32 Å². The summed E-state index contributed by atoms with van der Waals surface area (Å²) in [6.07, 6.45) is 0.320. The molecule has 1 N–H and O–H groups in total. The summed E-state index contributed by atoms with van der Waals surface area (Å²) >= 11 is 0. The fraction of sp³-hybridized carbons (Fsp3) is 0.235. The molecular weight excluding hydrogens is 269 g/mol. The van der Waals surface area contributed by atoms with E-state index >= 15 is 0 Å². The number of aryl methyl sites for hydroxylation is 1. The first kappa shape index (κ1) is 15.0. The van der Waals surface area contributed by atoms with Gasteiger partial charge in [0.1, 0.15) is 0 Å². The second-order valence-electron chi connectivity index (χ2n) is 4.91. The van der Waals surface area contributed by atoms with E-state index in [1.54, 1.807) is 12.1 Å². The van der Waals surface area contributed by atoms with Crippen molar-refractivity contribution < 1.29 is 13.9 Å². The van der Waals surface area contributed by atoms with Gasteiger partial charge in [-0.2, -0.15) is 0 Å². The summed E-state index contributed by atoms with van der Waals surface area (Å²) in [5.74, 6) is -0.315. The smallest absolute Gasteiger partial charge is 0.224 e. The van der Waals surface area contributed by atoms with Crippen LogP contribution in [0.4, 0.5) is 4.39 Å². The highest BCUT2D eigenvalue weighted by molar-refractivity contribution is 5.78. The monoisotopic (exact) mass is 287 g/mol. The number of carbonyl (C=O) groups excluding carboxylic acids is 1. The van der Waals surface area contributed by atoms with Gasteiger partial charge in [0.05, 0.1) is 13.5 Å². The van der Waals surface area contributed by atoms with Gasteiger partial charge in [0, 0.05) is 6.54 Å². The SMILES string of the molecule is COc1ccc(CNC(=O)Cc2cccc(C)c2)cc1F. The molecule has 0 aliphatic heterocycles. The van der Waals surface area contributed by atoms with Gasteiger partial charge in [-0.05, 0) is 30.2 Å². The van der Waals surface area contributed by atoms with E-state index in [0.29, 0.717) is 18.5 Å². The van der Waals surface area contributed by atoms with Crippen LogP contribution in [0.2, 0.25) is 0 Å². The molecular formula is C17H18FNO2. The minimum absolute atomic E-state index is 0.0863. The first-order valence-electron chi connectivity index (χ1n) is 6.73. The number of nitrogens with one attached hydrogen (secondary N) is 1. The molecule has 4 heteroatoms. The summed E-state index contributed by atoms with van der Waals surface area (Å²) in [6, 6.07) is 12.5. The lowest BCUT2D eigenvalue weighted by Crippen LogP contribution is -2.24. The van der Waals surface area contributed by atoms with Gasteiger partial charge in [0.15, 0.2) is 11.6 Å². The maximum atomic E-state index is 13.5. The molecule has 0 unspecified atom stereocenters. The number of methoxy groups -OCH3 is 1. The molecule has 0 atom stereocenters. The van der Waals surface area contributed by atoms with E-state index in [9.17, 15) is 9.18 Å². The lowest BCUT2D eigenvalue weighted by Gasteiger charge is -2.08. The summed E-state index contributed by atoms with van der Waals surface area (Å²) in [6.45, 7) is 2.28. The quantitative estimate of drug-likeness (QED) is 0.918. The molecule has 2 aromatic carbocycles. The van der Waals surface area contributed by atoms with Gasteiger partial charge in [0.25, 0.3) is 0 Å². The Morgan fingerprint density at radius 3 is 2.67 bits per heavy atom. The summed E-state index contributed by atoms with van der Waals surface area (Å²) in [5.41, 5.74) is 2.79. The molecule has 0 heterocycles. The fourth-order valence-corrected chi connectivity index (χ4v) is 2.09. The summed E-state index contributed by atoms with van der Waals surface area (Å²) in [7, 11) is 1.42. The van der Waals surface area contributed by atoms with Crippen LogP contribution in [-0.4, -0.2) is 13.0 Å². The Morgan fingerprint density at radius 2 is 2.00 bits per heavy atom. The Balaban J connectivity index is 1.90. The zero-order chi connectivity index (χ0) is 15.2. The van der Waals surface area contributed by atoms with Gasteiger partial charge in [0.2, 0.25) is 5.91 Å². The van der Waals surface area contributed by atoms with E-state index < -0.39 is 5.82 Å². The summed E-state index contributed by atoms with van der Waals surface area (Å²) in [4.78, 5) is 11.9. The Morgan fingerprint density at radius 1 is 1.19 bits per heavy atom. The molecule has 2 aromatic rings. The lowest BCUT2D eigenvalue weighted by atomic mass is 10.1. The zero-order valence-electron chi connectivity index (χ0n) is 12.2. The van der Waals surface area contributed by atoms with E-state index in [1.807, 2.05) is 31.2 Å². The van der Waals surface area contributed by atoms with Gasteiger partial charge >= 0.3 is 0 Å². The average molecular weight is 287 g/mol. The summed E-state index contributed by atoms with van der Waals surface area (Å²) < 4.78 is 18.4. The van der Waals surface area contributed by atoms with Gasteiger partial charge in [-0.3, -0.25) is 4.79 Å². The van der Waals surface area contributed by atoms with Crippen LogP contribution < -0.4 is 10.1 Å². The van der Waals surface area contributed by atoms with Crippen LogP contribution in [0.15, 0.2) is 42.5 Å². The van der Waals surface area contributed by atoms with Crippen molar-refractivity contribution in [1.82, 2.24) is 5.32 Å². The second kappa shape index (κ2) is 6.88. The van der Waals surface area contributed by atoms with Crippen LogP contribution in [0.25, 0.3) is 0 Å². The maximum absolute atomic E-state index is 13.5. The predicted octanol–water partition coefficient (Wildman–Crippen LogP) is 3.00. The van der Waals surface area contributed by atoms with Crippen LogP contribution in [0.5, 0.6) is 5.75 Å². The molecule has 2 rings (SSSR count). The number of ether oxygens (including phenoxy) is 1. The Labute approximate surface area is 123 Å². The molecule has 110 valence electrons. The van der Waals surface area contributed by atoms with Crippen LogP contribution in [0.3, 0.4) is 0 Å². The van der Waals surface area contributed by atoms with E-state index in [0.717, 1.165) is 11.1 Å². The molecule has 0 saturated carbocycles. The van der Waals surface area contributed by atoms with Crippen LogP contribution in [0, 0.1) is 12.7 Å². The Kier molecular flexibility index (Phi) is 4.93. The maximum Gasteiger partial charge on any atom is 0.224 e. The van der Waals surface area contributed by atoms with Crippen molar-refractivity contribution >= 4 is 5.91 Å². The number of benzene rings is 2. The molecule has 0 fully saturated rings. The highest BCUT2D eigenvalue weighted by Crippen LogP contribution is 2.17. The Hall–Kier alpha value is -2.36. The van der Waals surface area contributed by atoms with Crippen molar-refractivity contribution in [2.45, 2.75) is 19.9 Å². The first-order valence-corrected chi connectivity index (χ1v) is 6.73. The molecule has 3 nitrogen and oxygen atoms in total. The number of hydrogen-bond acceptors (Lipinski definition) is 2. The largest absolute Gasteiger partial charge is 0.494 e. The predicted molar refractivity (Wildman–Crippen MR) is 79.7 cm³/mol. The molecule has 1 amide bonds. The topological polar surface area (TPSA) is 38.3 Å². The lowest BCUT2D eigenvalue weighted by molar-refractivity contribution is -0.120. The van der Waals surface area contributed by atoms with Gasteiger partial charge in [-0.15, -0.1) is 0 Å². The zero-order valence-corrected chi connectivity index (χ0v) is 12.2. The molecule has 0 bridgehead atoms. The minimum atomic E-state index is -0.428. The molecule has 0 spiro atoms. The highest BCUT2D eigenvalue weighted by atomic mass is 19.1. The first-order chi connectivity index (χ1) is 10.1. The number of amides is 1. The second-order valence-corrected chi connectivity index (χ2v) is 4.91. The molecule has 21 heavy (non-hydrogen) atoms. The van der Waals surface area contributed by atoms with E-state index in [4.69, 9.17) is 4.74 Å². The van der Waals surface area contributed by atoms with Crippen LogP contribution >= 0.6 is 0 Å². The third-order valence-corrected chi connectivity index (χ3v) is 3.15. The van der Waals surface area contributed by atoms with E-state index in [1.165, 1.54) is 13.2 Å². The van der Waals surface area contributed by atoms with Crippen molar-refractivity contribution in [3.05, 3.63) is 65.0 Å². The number of halogens is 1. The van der Waals surface area contributed by atoms with Crippen molar-refractivity contribution in [1.29, 1.82) is 0 Å². The van der Waals surface area contributed by atoms with E-state index in [-0.39, 0.29) is 11.7 Å². The third-order valence-electron chi connectivity index (χ3n) is 3.15. The van der Waals surface area contributed by atoms with Gasteiger partial charge < -0.3 is 10.1 Å².